The van der Waals surface area contributed by atoms with Crippen LogP contribution in [0.2, 0.25) is 0 Å². The van der Waals surface area contributed by atoms with E-state index < -0.39 is 11.9 Å². The van der Waals surface area contributed by atoms with Crippen molar-refractivity contribution in [3.05, 3.63) is 59.2 Å². The first-order chi connectivity index (χ1) is 23.3. The molecular formula is C32H49N5O8S3. The number of thiocyanates is 1. The van der Waals surface area contributed by atoms with Crippen molar-refractivity contribution in [2.75, 3.05) is 102 Å². The number of hydrogen-bond donors (Lipinski definition) is 3. The van der Waals surface area contributed by atoms with Crippen LogP contribution in [0.1, 0.15) is 38.8 Å². The summed E-state index contributed by atoms with van der Waals surface area (Å²) in [6, 6.07) is 9.80. The Hall–Kier alpha value is -2.46. The fourth-order valence-corrected chi connectivity index (χ4v) is 5.45. The summed E-state index contributed by atoms with van der Waals surface area (Å²) in [5.41, 5.74) is 1.25. The maximum atomic E-state index is 11.3. The van der Waals surface area contributed by atoms with Crippen molar-refractivity contribution in [1.29, 1.82) is 5.26 Å². The van der Waals surface area contributed by atoms with E-state index in [9.17, 15) is 19.8 Å². The Kier molecular flexibility index (Phi) is 26.7. The van der Waals surface area contributed by atoms with E-state index in [4.69, 9.17) is 24.6 Å². The number of nitriles is 1. The smallest absolute Gasteiger partial charge is 0.354 e. The van der Waals surface area contributed by atoms with Crippen LogP contribution in [-0.2, 0) is 27.3 Å². The SMILES string of the molecule is CSC.N#CSCCSCCCOCCN(CCOCCOCCN(CCO)Cc1cccc(C(=O)O)n1)Cc1cccc(C(=O)O)n1. The molecule has 0 bridgehead atoms. The molecule has 268 valence electrons. The van der Waals surface area contributed by atoms with Gasteiger partial charge in [-0.2, -0.15) is 28.8 Å². The molecule has 0 spiro atoms. The van der Waals surface area contributed by atoms with Crippen LogP contribution in [0, 0.1) is 10.7 Å². The summed E-state index contributed by atoms with van der Waals surface area (Å²) >= 11 is 4.83. The van der Waals surface area contributed by atoms with Gasteiger partial charge in [0.25, 0.3) is 0 Å². The number of aromatic carboxylic acids is 2. The summed E-state index contributed by atoms with van der Waals surface area (Å²) in [7, 11) is 0. The van der Waals surface area contributed by atoms with Gasteiger partial charge in [0, 0.05) is 57.4 Å². The molecule has 0 fully saturated rings. The molecular weight excluding hydrogens is 679 g/mol. The molecule has 0 saturated heterocycles. The molecule has 0 aromatic carbocycles. The van der Waals surface area contributed by atoms with Crippen LogP contribution >= 0.6 is 35.3 Å². The van der Waals surface area contributed by atoms with Gasteiger partial charge in [-0.25, -0.2) is 19.6 Å². The first-order valence-corrected chi connectivity index (χ1v) is 19.3. The summed E-state index contributed by atoms with van der Waals surface area (Å²) in [6.07, 6.45) is 5.01. The minimum absolute atomic E-state index is 0.00497. The number of carbonyl (C=O) groups is 2. The number of carboxylic acid groups (broad SMARTS) is 2. The van der Waals surface area contributed by atoms with E-state index in [1.807, 2.05) is 29.2 Å². The predicted molar refractivity (Wildman–Crippen MR) is 192 cm³/mol. The topological polar surface area (TPSA) is 179 Å². The fraction of sp³-hybridized carbons (Fsp3) is 0.594. The van der Waals surface area contributed by atoms with E-state index in [0.717, 1.165) is 23.7 Å². The van der Waals surface area contributed by atoms with Gasteiger partial charge in [0.2, 0.25) is 0 Å². The van der Waals surface area contributed by atoms with E-state index in [0.29, 0.717) is 90.3 Å². The van der Waals surface area contributed by atoms with Crippen molar-refractivity contribution in [2.24, 2.45) is 0 Å². The Morgan fingerprint density at radius 2 is 1.23 bits per heavy atom. The monoisotopic (exact) mass is 727 g/mol. The zero-order valence-electron chi connectivity index (χ0n) is 27.8. The minimum Gasteiger partial charge on any atom is -0.477 e. The zero-order chi connectivity index (χ0) is 35.2. The average molecular weight is 728 g/mol. The number of aliphatic hydroxyl groups excluding tert-OH is 1. The Bertz CT molecular complexity index is 1190. The average Bonchev–Trinajstić information content (AvgIpc) is 3.07. The van der Waals surface area contributed by atoms with Crippen LogP contribution in [-0.4, -0.2) is 149 Å². The first-order valence-electron chi connectivity index (χ1n) is 15.5. The predicted octanol–water partition coefficient (Wildman–Crippen LogP) is 3.54. The van der Waals surface area contributed by atoms with E-state index >= 15 is 0 Å². The largest absolute Gasteiger partial charge is 0.477 e. The van der Waals surface area contributed by atoms with Gasteiger partial charge >= 0.3 is 11.9 Å². The van der Waals surface area contributed by atoms with Gasteiger partial charge in [-0.3, -0.25) is 9.80 Å². The molecule has 0 amide bonds. The molecule has 2 rings (SSSR count). The molecule has 13 nitrogen and oxygen atoms in total. The van der Waals surface area contributed by atoms with Gasteiger partial charge < -0.3 is 29.5 Å². The molecule has 0 aliphatic heterocycles. The number of thioether (sulfide) groups is 3. The van der Waals surface area contributed by atoms with Crippen LogP contribution in [0.3, 0.4) is 0 Å². The van der Waals surface area contributed by atoms with Crippen molar-refractivity contribution in [2.45, 2.75) is 19.5 Å². The van der Waals surface area contributed by atoms with Crippen molar-refractivity contribution < 1.29 is 39.1 Å². The molecule has 2 aromatic heterocycles. The Morgan fingerprint density at radius 1 is 0.750 bits per heavy atom. The summed E-state index contributed by atoms with van der Waals surface area (Å²) in [6.45, 7) is 5.80. The summed E-state index contributed by atoms with van der Waals surface area (Å²) in [4.78, 5) is 34.9. The van der Waals surface area contributed by atoms with Crippen LogP contribution < -0.4 is 0 Å². The molecule has 2 aromatic rings. The Balaban J connectivity index is 0.00000369. The number of aliphatic hydroxyl groups is 1. The third kappa shape index (κ3) is 22.2. The second kappa shape index (κ2) is 29.5. The van der Waals surface area contributed by atoms with Gasteiger partial charge in [0.15, 0.2) is 0 Å². The number of aromatic nitrogens is 2. The maximum Gasteiger partial charge on any atom is 0.354 e. The number of ether oxygens (including phenoxy) is 3. The highest BCUT2D eigenvalue weighted by molar-refractivity contribution is 8.05. The summed E-state index contributed by atoms with van der Waals surface area (Å²) < 4.78 is 17.3. The summed E-state index contributed by atoms with van der Waals surface area (Å²) in [5, 5.41) is 38.5. The van der Waals surface area contributed by atoms with Gasteiger partial charge in [-0.1, -0.05) is 12.1 Å². The second-order valence-electron chi connectivity index (χ2n) is 10.1. The Labute approximate surface area is 296 Å². The quantitative estimate of drug-likeness (QED) is 0.0898. The van der Waals surface area contributed by atoms with Crippen molar-refractivity contribution in [3.8, 4) is 5.40 Å². The van der Waals surface area contributed by atoms with Crippen LogP contribution in [0.5, 0.6) is 0 Å². The Morgan fingerprint density at radius 3 is 1.69 bits per heavy atom. The highest BCUT2D eigenvalue weighted by atomic mass is 32.2. The third-order valence-corrected chi connectivity index (χ3v) is 8.10. The molecule has 0 radical (unpaired) electrons. The normalized spacial score (nSPS) is 10.9. The lowest BCUT2D eigenvalue weighted by Gasteiger charge is -2.22. The highest BCUT2D eigenvalue weighted by Gasteiger charge is 2.12. The van der Waals surface area contributed by atoms with E-state index in [1.165, 1.54) is 23.9 Å². The molecule has 0 aliphatic rings. The van der Waals surface area contributed by atoms with Crippen LogP contribution in [0.25, 0.3) is 0 Å². The maximum absolute atomic E-state index is 11.3. The van der Waals surface area contributed by atoms with Crippen molar-refractivity contribution >= 4 is 47.2 Å². The molecule has 48 heavy (non-hydrogen) atoms. The number of nitrogens with zero attached hydrogens (tertiary/aromatic N) is 5. The fourth-order valence-electron chi connectivity index (χ4n) is 4.03. The standard InChI is InChI=1S/C30H43N5O8S2.C2H6S/c31-24-45-21-20-44-19-3-13-41-14-10-35(23-26-5-2-7-28(33-26)30(39)40)11-16-43-18-17-42-15-9-34(8-12-36)22-25-4-1-6-27(32-25)29(37)38;1-3-2/h1-2,4-7,36H,3,8-23H2,(H,37,38)(H,39,40);1-2H3. The van der Waals surface area contributed by atoms with Crippen molar-refractivity contribution in [1.82, 2.24) is 19.8 Å². The van der Waals surface area contributed by atoms with E-state index in [2.05, 4.69) is 20.3 Å². The first kappa shape index (κ1) is 43.6. The van der Waals surface area contributed by atoms with Crippen molar-refractivity contribution in [3.63, 3.8) is 0 Å². The van der Waals surface area contributed by atoms with E-state index in [-0.39, 0.29) is 18.0 Å². The lowest BCUT2D eigenvalue weighted by atomic mass is 10.3. The van der Waals surface area contributed by atoms with Gasteiger partial charge in [0.05, 0.1) is 51.0 Å². The number of hydrogen-bond acceptors (Lipinski definition) is 14. The van der Waals surface area contributed by atoms with Crippen LogP contribution in [0.4, 0.5) is 0 Å². The van der Waals surface area contributed by atoms with Gasteiger partial charge in [-0.15, -0.1) is 0 Å². The third-order valence-electron chi connectivity index (χ3n) is 6.24. The molecule has 3 N–H and O–H groups in total. The molecule has 2 heterocycles. The second-order valence-corrected chi connectivity index (χ2v) is 13.0. The number of pyridine rings is 2. The lowest BCUT2D eigenvalue weighted by molar-refractivity contribution is 0.0244. The summed E-state index contributed by atoms with van der Waals surface area (Å²) in [5.74, 6) is 0.609. The highest BCUT2D eigenvalue weighted by Crippen LogP contribution is 2.08. The molecule has 0 atom stereocenters. The molecule has 0 aliphatic carbocycles. The number of carboxylic acids is 2. The van der Waals surface area contributed by atoms with Gasteiger partial charge in [-0.05, 0) is 60.7 Å². The zero-order valence-corrected chi connectivity index (χ0v) is 30.3. The van der Waals surface area contributed by atoms with Crippen LogP contribution in [0.15, 0.2) is 36.4 Å². The van der Waals surface area contributed by atoms with Gasteiger partial charge in [0.1, 0.15) is 16.8 Å². The minimum atomic E-state index is -1.08. The molecule has 0 saturated carbocycles. The number of rotatable bonds is 27. The molecule has 0 unspecified atom stereocenters. The molecule has 16 heteroatoms. The van der Waals surface area contributed by atoms with E-state index in [1.54, 1.807) is 36.0 Å². The lowest BCUT2D eigenvalue weighted by Crippen LogP contribution is -2.32.